The highest BCUT2D eigenvalue weighted by Gasteiger charge is 2.32. The molecule has 0 unspecified atom stereocenters. The summed E-state index contributed by atoms with van der Waals surface area (Å²) < 4.78 is 2.18. The Balaban J connectivity index is 1.64. The van der Waals surface area contributed by atoms with Gasteiger partial charge in [-0.2, -0.15) is 15.1 Å². The van der Waals surface area contributed by atoms with Gasteiger partial charge in [0, 0.05) is 16.8 Å². The molecule has 0 aliphatic carbocycles. The largest absolute Gasteiger partial charge is 0.317 e. The highest BCUT2D eigenvalue weighted by molar-refractivity contribution is 8.25. The number of nitrogens with one attached hydrogen (secondary N) is 1. The summed E-state index contributed by atoms with van der Waals surface area (Å²) in [7, 11) is 0. The summed E-state index contributed by atoms with van der Waals surface area (Å²) in [5.74, 6) is -0.356. The van der Waals surface area contributed by atoms with Crippen LogP contribution in [0.25, 0.3) is 22.5 Å². The summed E-state index contributed by atoms with van der Waals surface area (Å²) in [4.78, 5) is 16.6. The third kappa shape index (κ3) is 2.74. The van der Waals surface area contributed by atoms with Crippen molar-refractivity contribution in [2.45, 2.75) is 13.8 Å². The van der Waals surface area contributed by atoms with Crippen LogP contribution in [0.2, 0.25) is 0 Å². The van der Waals surface area contributed by atoms with E-state index >= 15 is 0 Å². The smallest absolute Gasteiger partial charge is 0.283 e. The number of aromatic nitrogens is 1. The average Bonchev–Trinajstić information content (AvgIpc) is 3.29. The number of hydrazone groups is 1. The van der Waals surface area contributed by atoms with Gasteiger partial charge in [-0.05, 0) is 54.8 Å². The maximum atomic E-state index is 12.5. The number of aliphatic imine (C=N–C) groups is 1. The summed E-state index contributed by atoms with van der Waals surface area (Å²) >= 11 is 1.24. The molecule has 0 bridgehead atoms. The molecule has 2 aromatic carbocycles. The second kappa shape index (κ2) is 6.56. The lowest BCUT2D eigenvalue weighted by Gasteiger charge is -2.20. The van der Waals surface area contributed by atoms with Crippen molar-refractivity contribution in [2.24, 2.45) is 10.1 Å². The van der Waals surface area contributed by atoms with Gasteiger partial charge in [0.25, 0.3) is 5.91 Å². The molecule has 142 valence electrons. The number of benzene rings is 2. The molecule has 29 heavy (non-hydrogen) atoms. The van der Waals surface area contributed by atoms with Gasteiger partial charge in [0.15, 0.2) is 11.0 Å². The molecule has 2 aliphatic heterocycles. The van der Waals surface area contributed by atoms with Crippen LogP contribution in [0, 0.1) is 19.3 Å². The predicted octanol–water partition coefficient (Wildman–Crippen LogP) is 4.50. The Hall–Kier alpha value is -3.45. The molecular formula is C22H17N5OS. The van der Waals surface area contributed by atoms with E-state index < -0.39 is 5.91 Å². The van der Waals surface area contributed by atoms with Crippen molar-refractivity contribution in [1.82, 2.24) is 9.58 Å². The summed E-state index contributed by atoms with van der Waals surface area (Å²) in [5, 5.41) is 16.6. The van der Waals surface area contributed by atoms with E-state index in [0.29, 0.717) is 5.17 Å². The van der Waals surface area contributed by atoms with Gasteiger partial charge in [-0.25, -0.2) is 0 Å². The monoisotopic (exact) mass is 399 g/mol. The van der Waals surface area contributed by atoms with Crippen molar-refractivity contribution in [2.75, 3.05) is 0 Å². The summed E-state index contributed by atoms with van der Waals surface area (Å²) in [6.07, 6.45) is 1.74. The van der Waals surface area contributed by atoms with E-state index in [1.165, 1.54) is 22.2 Å². The van der Waals surface area contributed by atoms with E-state index in [2.05, 4.69) is 38.9 Å². The summed E-state index contributed by atoms with van der Waals surface area (Å²) in [6.45, 7) is 4.07. The van der Waals surface area contributed by atoms with Crippen molar-refractivity contribution in [3.8, 4) is 5.69 Å². The molecule has 3 heterocycles. The van der Waals surface area contributed by atoms with E-state index in [9.17, 15) is 4.79 Å². The van der Waals surface area contributed by atoms with Crippen LogP contribution in [0.15, 0.2) is 64.2 Å². The fraction of sp³-hybridized carbons (Fsp3) is 0.0909. The second-order valence-corrected chi connectivity index (χ2v) is 7.73. The predicted molar refractivity (Wildman–Crippen MR) is 119 cm³/mol. The summed E-state index contributed by atoms with van der Waals surface area (Å²) in [5.41, 5.74) is 5.86. The molecule has 2 aliphatic rings. The number of hydrogen-bond donors (Lipinski definition) is 1. The topological polar surface area (TPSA) is 73.8 Å². The minimum absolute atomic E-state index is 0.0520. The molecule has 7 heteroatoms. The quantitative estimate of drug-likeness (QED) is 0.645. The molecular weight excluding hydrogens is 382 g/mol. The number of hydrogen-bond acceptors (Lipinski definition) is 4. The maximum absolute atomic E-state index is 12.5. The number of thioether (sulfide) groups is 1. The van der Waals surface area contributed by atoms with Crippen LogP contribution in [0.1, 0.15) is 17.0 Å². The molecule has 1 amide bonds. The van der Waals surface area contributed by atoms with Crippen LogP contribution in [0.5, 0.6) is 0 Å². The van der Waals surface area contributed by atoms with Gasteiger partial charge in [-0.3, -0.25) is 10.2 Å². The Morgan fingerprint density at radius 3 is 2.76 bits per heavy atom. The molecule has 0 radical (unpaired) electrons. The van der Waals surface area contributed by atoms with Crippen molar-refractivity contribution < 1.29 is 4.79 Å². The summed E-state index contributed by atoms with van der Waals surface area (Å²) in [6, 6.07) is 16.6. The van der Waals surface area contributed by atoms with Crippen LogP contribution in [-0.4, -0.2) is 32.0 Å². The molecule has 3 aromatic rings. The number of amidine groups is 2. The zero-order valence-corrected chi connectivity index (χ0v) is 16.7. The molecule has 6 nitrogen and oxygen atoms in total. The first-order valence-electron chi connectivity index (χ1n) is 9.14. The van der Waals surface area contributed by atoms with Gasteiger partial charge in [-0.15, -0.1) is 0 Å². The number of carbonyl (C=O) groups is 1. The number of carbonyl (C=O) groups excluding carboxylic acids is 1. The van der Waals surface area contributed by atoms with Crippen molar-refractivity contribution in [3.05, 3.63) is 71.1 Å². The first-order chi connectivity index (χ1) is 14.0. The van der Waals surface area contributed by atoms with Crippen LogP contribution < -0.4 is 0 Å². The van der Waals surface area contributed by atoms with Gasteiger partial charge in [0.2, 0.25) is 0 Å². The van der Waals surface area contributed by atoms with Crippen LogP contribution in [0.3, 0.4) is 0 Å². The highest BCUT2D eigenvalue weighted by atomic mass is 32.2. The van der Waals surface area contributed by atoms with Crippen molar-refractivity contribution in [3.63, 3.8) is 0 Å². The SMILES string of the molecule is Cc1cc(/C=C2\C(=N)N3N=CSC3=NC2=O)c(C)n1-c1cccc2ccccc12. The first-order valence-corrected chi connectivity index (χ1v) is 10.0. The second-order valence-electron chi connectivity index (χ2n) is 6.92. The highest BCUT2D eigenvalue weighted by Crippen LogP contribution is 2.30. The maximum Gasteiger partial charge on any atom is 0.283 e. The minimum atomic E-state index is -0.408. The van der Waals surface area contributed by atoms with Crippen LogP contribution in [0.4, 0.5) is 0 Å². The zero-order chi connectivity index (χ0) is 20.1. The molecule has 0 fully saturated rings. The van der Waals surface area contributed by atoms with Crippen LogP contribution in [-0.2, 0) is 4.79 Å². The third-order valence-electron chi connectivity index (χ3n) is 5.17. The van der Waals surface area contributed by atoms with Gasteiger partial charge < -0.3 is 4.57 Å². The standard InChI is InChI=1S/C22H17N5OS/c1-13-10-16(11-18-20(23)27-22(25-21(18)28)29-12-24-27)14(2)26(13)19-9-5-7-15-6-3-4-8-17(15)19/h3-12,23H,1-2H3/b18-11+,23-20?. The Bertz CT molecular complexity index is 1290. The van der Waals surface area contributed by atoms with Gasteiger partial charge in [-0.1, -0.05) is 36.4 Å². The van der Waals surface area contributed by atoms with Gasteiger partial charge >= 0.3 is 0 Å². The van der Waals surface area contributed by atoms with Crippen molar-refractivity contribution >= 4 is 51.1 Å². The fourth-order valence-electron chi connectivity index (χ4n) is 3.80. The zero-order valence-electron chi connectivity index (χ0n) is 15.9. The van der Waals surface area contributed by atoms with E-state index in [4.69, 9.17) is 5.41 Å². The minimum Gasteiger partial charge on any atom is -0.317 e. The van der Waals surface area contributed by atoms with Crippen molar-refractivity contribution in [1.29, 1.82) is 5.41 Å². The molecule has 0 saturated heterocycles. The Labute approximate surface area is 171 Å². The molecule has 0 spiro atoms. The Kier molecular flexibility index (Phi) is 3.99. The van der Waals surface area contributed by atoms with E-state index in [1.54, 1.807) is 11.6 Å². The lowest BCUT2D eigenvalue weighted by Crippen LogP contribution is -2.35. The number of amides is 1. The lowest BCUT2D eigenvalue weighted by atomic mass is 10.1. The number of fused-ring (bicyclic) bond motifs is 2. The molecule has 1 N–H and O–H groups in total. The Morgan fingerprint density at radius 2 is 1.90 bits per heavy atom. The number of nitrogens with zero attached hydrogens (tertiary/aromatic N) is 4. The van der Waals surface area contributed by atoms with E-state index in [0.717, 1.165) is 28.0 Å². The number of rotatable bonds is 2. The lowest BCUT2D eigenvalue weighted by molar-refractivity contribution is -0.114. The third-order valence-corrected chi connectivity index (χ3v) is 5.85. The van der Waals surface area contributed by atoms with Gasteiger partial charge in [0.05, 0.1) is 16.8 Å². The van der Waals surface area contributed by atoms with Gasteiger partial charge in [0.1, 0.15) is 0 Å². The molecule has 0 saturated carbocycles. The number of aryl methyl sites for hydroxylation is 1. The average molecular weight is 399 g/mol. The fourth-order valence-corrected chi connectivity index (χ4v) is 4.41. The first kappa shape index (κ1) is 17.6. The Morgan fingerprint density at radius 1 is 1.10 bits per heavy atom. The molecule has 0 atom stereocenters. The van der Waals surface area contributed by atoms with Crippen LogP contribution >= 0.6 is 11.8 Å². The van der Waals surface area contributed by atoms with E-state index in [-0.39, 0.29) is 11.4 Å². The van der Waals surface area contributed by atoms with E-state index in [1.807, 2.05) is 38.1 Å². The molecule has 1 aromatic heterocycles. The normalized spacial score (nSPS) is 17.4. The molecule has 5 rings (SSSR count).